The van der Waals surface area contributed by atoms with E-state index in [1.54, 1.807) is 32.4 Å². The SMILES string of the molecule is COc1ccc(C(NC(=O)COC(=O)c2cccc(OC)c2OC)c2ccc(OC)cc2)cc1. The van der Waals surface area contributed by atoms with Crippen molar-refractivity contribution in [3.63, 3.8) is 0 Å². The van der Waals surface area contributed by atoms with Crippen LogP contribution in [0, 0.1) is 0 Å². The Morgan fingerprint density at radius 3 is 1.76 bits per heavy atom. The fraction of sp³-hybridized carbons (Fsp3) is 0.231. The minimum absolute atomic E-state index is 0.163. The van der Waals surface area contributed by atoms with Crippen molar-refractivity contribution in [2.75, 3.05) is 35.0 Å². The van der Waals surface area contributed by atoms with E-state index in [4.69, 9.17) is 23.7 Å². The van der Waals surface area contributed by atoms with Crippen molar-refractivity contribution in [1.29, 1.82) is 0 Å². The van der Waals surface area contributed by atoms with E-state index in [1.807, 2.05) is 48.5 Å². The van der Waals surface area contributed by atoms with Crippen molar-refractivity contribution in [3.8, 4) is 23.0 Å². The van der Waals surface area contributed by atoms with E-state index in [1.165, 1.54) is 14.2 Å². The summed E-state index contributed by atoms with van der Waals surface area (Å²) in [4.78, 5) is 25.4. The van der Waals surface area contributed by atoms with Gasteiger partial charge in [-0.2, -0.15) is 0 Å². The van der Waals surface area contributed by atoms with Gasteiger partial charge in [0, 0.05) is 0 Å². The van der Waals surface area contributed by atoms with Crippen LogP contribution in [-0.2, 0) is 9.53 Å². The molecule has 1 amide bonds. The first-order chi connectivity index (χ1) is 16.5. The average Bonchev–Trinajstić information content (AvgIpc) is 2.89. The first kappa shape index (κ1) is 24.4. The summed E-state index contributed by atoms with van der Waals surface area (Å²) in [5.41, 5.74) is 1.83. The zero-order valence-electron chi connectivity index (χ0n) is 19.5. The van der Waals surface area contributed by atoms with Gasteiger partial charge >= 0.3 is 5.97 Å². The van der Waals surface area contributed by atoms with E-state index in [2.05, 4.69) is 5.32 Å². The second-order valence-corrected chi connectivity index (χ2v) is 7.16. The van der Waals surface area contributed by atoms with E-state index in [0.717, 1.165) is 11.1 Å². The Balaban J connectivity index is 1.75. The number of carbonyl (C=O) groups excluding carboxylic acids is 2. The number of esters is 1. The number of carbonyl (C=O) groups is 2. The van der Waals surface area contributed by atoms with Crippen molar-refractivity contribution in [3.05, 3.63) is 83.4 Å². The molecule has 1 N–H and O–H groups in total. The highest BCUT2D eigenvalue weighted by Gasteiger charge is 2.21. The van der Waals surface area contributed by atoms with Crippen LogP contribution in [0.4, 0.5) is 0 Å². The summed E-state index contributed by atoms with van der Waals surface area (Å²) in [5.74, 6) is 0.864. The van der Waals surface area contributed by atoms with Gasteiger partial charge < -0.3 is 29.0 Å². The highest BCUT2D eigenvalue weighted by Crippen LogP contribution is 2.31. The van der Waals surface area contributed by atoms with Crippen molar-refractivity contribution in [1.82, 2.24) is 5.32 Å². The van der Waals surface area contributed by atoms with Crippen LogP contribution in [0.5, 0.6) is 23.0 Å². The second-order valence-electron chi connectivity index (χ2n) is 7.16. The molecule has 3 aromatic rings. The summed E-state index contributed by atoms with van der Waals surface area (Å²) < 4.78 is 26.2. The van der Waals surface area contributed by atoms with Gasteiger partial charge in [0.15, 0.2) is 18.1 Å². The zero-order chi connectivity index (χ0) is 24.5. The van der Waals surface area contributed by atoms with Gasteiger partial charge in [0.2, 0.25) is 0 Å². The Morgan fingerprint density at radius 1 is 0.735 bits per heavy atom. The average molecular weight is 466 g/mol. The quantitative estimate of drug-likeness (QED) is 0.456. The largest absolute Gasteiger partial charge is 0.497 e. The van der Waals surface area contributed by atoms with Crippen LogP contribution in [0.2, 0.25) is 0 Å². The molecule has 0 saturated carbocycles. The number of methoxy groups -OCH3 is 4. The molecule has 0 aliphatic heterocycles. The third-order valence-electron chi connectivity index (χ3n) is 5.16. The van der Waals surface area contributed by atoms with Gasteiger partial charge in [0.05, 0.1) is 34.5 Å². The van der Waals surface area contributed by atoms with Gasteiger partial charge in [-0.25, -0.2) is 4.79 Å². The monoisotopic (exact) mass is 465 g/mol. The molecule has 8 nitrogen and oxygen atoms in total. The fourth-order valence-corrected chi connectivity index (χ4v) is 3.41. The highest BCUT2D eigenvalue weighted by atomic mass is 16.5. The fourth-order valence-electron chi connectivity index (χ4n) is 3.41. The first-order valence-electron chi connectivity index (χ1n) is 10.5. The van der Waals surface area contributed by atoms with Gasteiger partial charge in [-0.1, -0.05) is 30.3 Å². The molecule has 8 heteroatoms. The van der Waals surface area contributed by atoms with Gasteiger partial charge in [-0.3, -0.25) is 4.79 Å². The normalized spacial score (nSPS) is 10.4. The lowest BCUT2D eigenvalue weighted by Crippen LogP contribution is -2.33. The molecule has 178 valence electrons. The summed E-state index contributed by atoms with van der Waals surface area (Å²) in [6.07, 6.45) is 0. The van der Waals surface area contributed by atoms with E-state index < -0.39 is 24.5 Å². The minimum Gasteiger partial charge on any atom is -0.497 e. The Kier molecular flexibility index (Phi) is 8.34. The van der Waals surface area contributed by atoms with Gasteiger partial charge in [0.25, 0.3) is 5.91 Å². The van der Waals surface area contributed by atoms with Gasteiger partial charge in [-0.05, 0) is 47.5 Å². The number of nitrogens with one attached hydrogen (secondary N) is 1. The molecule has 0 bridgehead atoms. The molecule has 3 rings (SSSR count). The number of para-hydroxylation sites is 1. The number of hydrogen-bond acceptors (Lipinski definition) is 7. The van der Waals surface area contributed by atoms with Crippen molar-refractivity contribution in [2.45, 2.75) is 6.04 Å². The Labute approximate surface area is 198 Å². The molecule has 0 spiro atoms. The second kappa shape index (κ2) is 11.6. The number of rotatable bonds is 10. The molecular formula is C26H27NO7. The maximum atomic E-state index is 12.8. The first-order valence-corrected chi connectivity index (χ1v) is 10.5. The molecule has 34 heavy (non-hydrogen) atoms. The van der Waals surface area contributed by atoms with Gasteiger partial charge in [-0.15, -0.1) is 0 Å². The number of benzene rings is 3. The Hall–Kier alpha value is -4.20. The maximum Gasteiger partial charge on any atom is 0.342 e. The highest BCUT2D eigenvalue weighted by molar-refractivity contribution is 5.95. The predicted octanol–water partition coefficient (Wildman–Crippen LogP) is 3.78. The molecule has 0 aromatic heterocycles. The van der Waals surface area contributed by atoms with Crippen LogP contribution < -0.4 is 24.3 Å². The van der Waals surface area contributed by atoms with Crippen LogP contribution >= 0.6 is 0 Å². The van der Waals surface area contributed by atoms with Gasteiger partial charge in [0.1, 0.15) is 17.1 Å². The van der Waals surface area contributed by atoms with Crippen LogP contribution in [0.25, 0.3) is 0 Å². The summed E-state index contributed by atoms with van der Waals surface area (Å²) >= 11 is 0. The molecule has 3 aromatic carbocycles. The Bertz CT molecular complexity index is 1060. The van der Waals surface area contributed by atoms with Crippen molar-refractivity contribution in [2.24, 2.45) is 0 Å². The lowest BCUT2D eigenvalue weighted by atomic mass is 9.98. The molecule has 0 aliphatic carbocycles. The lowest BCUT2D eigenvalue weighted by molar-refractivity contribution is -0.124. The van der Waals surface area contributed by atoms with E-state index in [0.29, 0.717) is 17.2 Å². The topological polar surface area (TPSA) is 92.3 Å². The molecule has 0 saturated heterocycles. The van der Waals surface area contributed by atoms with Crippen LogP contribution in [0.1, 0.15) is 27.5 Å². The number of amides is 1. The van der Waals surface area contributed by atoms with Crippen molar-refractivity contribution < 1.29 is 33.3 Å². The predicted molar refractivity (Wildman–Crippen MR) is 126 cm³/mol. The zero-order valence-corrected chi connectivity index (χ0v) is 19.5. The molecule has 0 aliphatic rings. The van der Waals surface area contributed by atoms with Crippen LogP contribution in [-0.4, -0.2) is 46.9 Å². The van der Waals surface area contributed by atoms with Crippen LogP contribution in [0.15, 0.2) is 66.7 Å². The van der Waals surface area contributed by atoms with E-state index in [-0.39, 0.29) is 11.3 Å². The Morgan fingerprint density at radius 2 is 1.29 bits per heavy atom. The summed E-state index contributed by atoms with van der Waals surface area (Å²) in [6, 6.07) is 19.1. The minimum atomic E-state index is -0.698. The number of hydrogen-bond donors (Lipinski definition) is 1. The number of ether oxygens (including phenoxy) is 5. The summed E-state index contributed by atoms with van der Waals surface area (Å²) in [5, 5.41) is 2.93. The lowest BCUT2D eigenvalue weighted by Gasteiger charge is -2.20. The molecule has 0 fully saturated rings. The standard InChI is InChI=1S/C26H27NO7/c1-30-19-12-8-17(9-13-19)24(18-10-14-20(31-2)15-11-18)27-23(28)16-34-26(29)21-6-5-7-22(32-3)25(21)33-4/h5-15,24H,16H2,1-4H3,(H,27,28). The third kappa shape index (κ3) is 5.78. The molecule has 0 unspecified atom stereocenters. The molecule has 0 radical (unpaired) electrons. The van der Waals surface area contributed by atoms with Crippen molar-refractivity contribution >= 4 is 11.9 Å². The molecule has 0 atom stereocenters. The molecule has 0 heterocycles. The third-order valence-corrected chi connectivity index (χ3v) is 5.16. The van der Waals surface area contributed by atoms with Crippen LogP contribution in [0.3, 0.4) is 0 Å². The molecular weight excluding hydrogens is 438 g/mol. The summed E-state index contributed by atoms with van der Waals surface area (Å²) in [6.45, 7) is -0.470. The summed E-state index contributed by atoms with van der Waals surface area (Å²) in [7, 11) is 6.07. The van der Waals surface area contributed by atoms with E-state index in [9.17, 15) is 9.59 Å². The smallest absolute Gasteiger partial charge is 0.342 e. The van der Waals surface area contributed by atoms with E-state index >= 15 is 0 Å². The maximum absolute atomic E-state index is 12.8.